The molecule has 0 saturated carbocycles. The molecule has 1 aliphatic rings. The number of nitrogens with one attached hydrogen (secondary N) is 1. The van der Waals surface area contributed by atoms with Gasteiger partial charge in [-0.25, -0.2) is 0 Å². The number of benzene rings is 1. The molecule has 0 spiro atoms. The quantitative estimate of drug-likeness (QED) is 0.618. The van der Waals surface area contributed by atoms with E-state index in [-0.39, 0.29) is 0 Å². The van der Waals surface area contributed by atoms with Crippen molar-refractivity contribution >= 4 is 0 Å². The Morgan fingerprint density at radius 3 is 3.08 bits per heavy atom. The maximum absolute atomic E-state index is 3.82. The van der Waals surface area contributed by atoms with Gasteiger partial charge < -0.3 is 5.32 Å². The number of hydrogen-bond donors (Lipinski definition) is 1. The Morgan fingerprint density at radius 1 is 1.42 bits per heavy atom. The molecule has 0 aromatic heterocycles. The molecule has 62 valence electrons. The summed E-state index contributed by atoms with van der Waals surface area (Å²) in [6, 6.07) is 8.92. The Hall–Kier alpha value is -1.08. The van der Waals surface area contributed by atoms with Crippen LogP contribution in [-0.4, -0.2) is 6.54 Å². The van der Waals surface area contributed by atoms with Gasteiger partial charge in [0.05, 0.1) is 6.04 Å². The second-order valence-corrected chi connectivity index (χ2v) is 3.12. The summed E-state index contributed by atoms with van der Waals surface area (Å²) >= 11 is 0. The molecule has 12 heavy (non-hydrogen) atoms. The molecule has 1 aromatic carbocycles. The van der Waals surface area contributed by atoms with Gasteiger partial charge in [-0.05, 0) is 17.5 Å². The minimum absolute atomic E-state index is 0.356. The molecule has 2 rings (SSSR count). The van der Waals surface area contributed by atoms with E-state index in [9.17, 15) is 0 Å². The van der Waals surface area contributed by atoms with E-state index in [1.165, 1.54) is 11.1 Å². The highest BCUT2D eigenvalue weighted by Gasteiger charge is 2.14. The highest BCUT2D eigenvalue weighted by atomic mass is 14.9. The highest BCUT2D eigenvalue weighted by Crippen LogP contribution is 2.22. The fraction of sp³-hybridized carbons (Fsp3) is 0.273. The van der Waals surface area contributed by atoms with E-state index in [1.54, 1.807) is 0 Å². The summed E-state index contributed by atoms with van der Waals surface area (Å²) in [5, 5.41) is 3.41. The second kappa shape index (κ2) is 3.11. The SMILES string of the molecule is C=CC1NCCc2ccccc21. The fourth-order valence-electron chi connectivity index (χ4n) is 1.75. The van der Waals surface area contributed by atoms with Crippen LogP contribution in [0.2, 0.25) is 0 Å². The Bertz CT molecular complexity index is 291. The van der Waals surface area contributed by atoms with Crippen molar-refractivity contribution in [3.8, 4) is 0 Å². The minimum Gasteiger partial charge on any atom is -0.306 e. The van der Waals surface area contributed by atoms with Gasteiger partial charge in [0.1, 0.15) is 0 Å². The average Bonchev–Trinajstić information content (AvgIpc) is 2.17. The summed E-state index contributed by atoms with van der Waals surface area (Å²) < 4.78 is 0. The van der Waals surface area contributed by atoms with Crippen LogP contribution >= 0.6 is 0 Å². The van der Waals surface area contributed by atoms with Crippen LogP contribution in [0.15, 0.2) is 36.9 Å². The summed E-state index contributed by atoms with van der Waals surface area (Å²) in [5.74, 6) is 0. The lowest BCUT2D eigenvalue weighted by atomic mass is 9.95. The van der Waals surface area contributed by atoms with E-state index in [4.69, 9.17) is 0 Å². The molecule has 1 nitrogen and oxygen atoms in total. The first-order valence-electron chi connectivity index (χ1n) is 4.35. The van der Waals surface area contributed by atoms with Crippen molar-refractivity contribution in [2.24, 2.45) is 0 Å². The van der Waals surface area contributed by atoms with E-state index in [0.717, 1.165) is 13.0 Å². The lowest BCUT2D eigenvalue weighted by Crippen LogP contribution is -2.28. The van der Waals surface area contributed by atoms with Gasteiger partial charge >= 0.3 is 0 Å². The maximum Gasteiger partial charge on any atom is 0.0506 e. The van der Waals surface area contributed by atoms with Gasteiger partial charge in [0, 0.05) is 6.54 Å². The molecule has 0 bridgehead atoms. The van der Waals surface area contributed by atoms with Crippen LogP contribution in [0.25, 0.3) is 0 Å². The Kier molecular flexibility index (Phi) is 1.96. The summed E-state index contributed by atoms with van der Waals surface area (Å²) in [7, 11) is 0. The third-order valence-electron chi connectivity index (χ3n) is 2.38. The predicted octanol–water partition coefficient (Wildman–Crippen LogP) is 2.06. The van der Waals surface area contributed by atoms with Crippen molar-refractivity contribution in [1.82, 2.24) is 5.32 Å². The van der Waals surface area contributed by atoms with Crippen molar-refractivity contribution in [1.29, 1.82) is 0 Å². The van der Waals surface area contributed by atoms with Crippen LogP contribution in [0.3, 0.4) is 0 Å². The summed E-state index contributed by atoms with van der Waals surface area (Å²) in [6.07, 6.45) is 3.11. The molecule has 1 heterocycles. The molecule has 0 aliphatic carbocycles. The van der Waals surface area contributed by atoms with E-state index < -0.39 is 0 Å². The first-order valence-corrected chi connectivity index (χ1v) is 4.35. The molecule has 1 aromatic rings. The van der Waals surface area contributed by atoms with Gasteiger partial charge in [-0.1, -0.05) is 30.3 Å². The first-order chi connectivity index (χ1) is 5.92. The number of rotatable bonds is 1. The molecule has 1 N–H and O–H groups in total. The standard InChI is InChI=1S/C11H13N/c1-2-11-10-6-4-3-5-9(10)7-8-12-11/h2-6,11-12H,1,7-8H2. The third kappa shape index (κ3) is 1.16. The second-order valence-electron chi connectivity index (χ2n) is 3.12. The minimum atomic E-state index is 0.356. The van der Waals surface area contributed by atoms with Gasteiger partial charge in [-0.2, -0.15) is 0 Å². The molecule has 0 radical (unpaired) electrons. The first kappa shape index (κ1) is 7.56. The zero-order valence-corrected chi connectivity index (χ0v) is 7.09. The number of hydrogen-bond acceptors (Lipinski definition) is 1. The van der Waals surface area contributed by atoms with Crippen LogP contribution in [0.5, 0.6) is 0 Å². The van der Waals surface area contributed by atoms with Crippen molar-refractivity contribution in [2.75, 3.05) is 6.54 Å². The Morgan fingerprint density at radius 2 is 2.25 bits per heavy atom. The van der Waals surface area contributed by atoms with E-state index >= 15 is 0 Å². The van der Waals surface area contributed by atoms with Crippen molar-refractivity contribution < 1.29 is 0 Å². The van der Waals surface area contributed by atoms with E-state index in [0.29, 0.717) is 6.04 Å². The zero-order valence-electron chi connectivity index (χ0n) is 7.09. The highest BCUT2D eigenvalue weighted by molar-refractivity contribution is 5.34. The van der Waals surface area contributed by atoms with Crippen molar-refractivity contribution in [3.05, 3.63) is 48.0 Å². The topological polar surface area (TPSA) is 12.0 Å². The number of fused-ring (bicyclic) bond motifs is 1. The monoisotopic (exact) mass is 159 g/mol. The average molecular weight is 159 g/mol. The third-order valence-corrected chi connectivity index (χ3v) is 2.38. The summed E-state index contributed by atoms with van der Waals surface area (Å²) in [5.41, 5.74) is 2.85. The Labute approximate surface area is 73.1 Å². The fourth-order valence-corrected chi connectivity index (χ4v) is 1.75. The lowest BCUT2D eigenvalue weighted by Gasteiger charge is -2.23. The molecule has 1 unspecified atom stereocenters. The van der Waals surface area contributed by atoms with Crippen LogP contribution in [0.4, 0.5) is 0 Å². The smallest absolute Gasteiger partial charge is 0.0506 e. The molecule has 0 saturated heterocycles. The maximum atomic E-state index is 3.82. The molecular weight excluding hydrogens is 146 g/mol. The largest absolute Gasteiger partial charge is 0.306 e. The summed E-state index contributed by atoms with van der Waals surface area (Å²) in [6.45, 7) is 4.88. The lowest BCUT2D eigenvalue weighted by molar-refractivity contribution is 0.582. The van der Waals surface area contributed by atoms with Crippen molar-refractivity contribution in [2.45, 2.75) is 12.5 Å². The van der Waals surface area contributed by atoms with E-state index in [2.05, 4.69) is 36.2 Å². The van der Waals surface area contributed by atoms with Crippen LogP contribution in [0, 0.1) is 0 Å². The van der Waals surface area contributed by atoms with E-state index in [1.807, 2.05) is 6.08 Å². The molecule has 0 fully saturated rings. The molecule has 1 aliphatic heterocycles. The Balaban J connectivity index is 2.43. The van der Waals surface area contributed by atoms with Gasteiger partial charge in [0.15, 0.2) is 0 Å². The normalized spacial score (nSPS) is 21.5. The molecule has 1 heteroatoms. The zero-order chi connectivity index (χ0) is 8.39. The van der Waals surface area contributed by atoms with Crippen molar-refractivity contribution in [3.63, 3.8) is 0 Å². The van der Waals surface area contributed by atoms with Crippen LogP contribution < -0.4 is 5.32 Å². The molecule has 0 amide bonds. The van der Waals surface area contributed by atoms with Crippen LogP contribution in [0.1, 0.15) is 17.2 Å². The summed E-state index contributed by atoms with van der Waals surface area (Å²) in [4.78, 5) is 0. The molecular formula is C11H13N. The van der Waals surface area contributed by atoms with Gasteiger partial charge in [-0.15, -0.1) is 6.58 Å². The van der Waals surface area contributed by atoms with Gasteiger partial charge in [0.2, 0.25) is 0 Å². The molecule has 1 atom stereocenters. The predicted molar refractivity (Wildman–Crippen MR) is 51.1 cm³/mol. The van der Waals surface area contributed by atoms with Gasteiger partial charge in [0.25, 0.3) is 0 Å². The van der Waals surface area contributed by atoms with Gasteiger partial charge in [-0.3, -0.25) is 0 Å². The van der Waals surface area contributed by atoms with Crippen LogP contribution in [-0.2, 0) is 6.42 Å².